The fourth-order valence-corrected chi connectivity index (χ4v) is 6.09. The number of likely N-dealkylation sites (tertiary alicyclic amines) is 1. The average molecular weight is 554 g/mol. The molecule has 39 heavy (non-hydrogen) atoms. The Hall–Kier alpha value is -2.52. The molecule has 220 valence electrons. The Bertz CT molecular complexity index is 947. The van der Waals surface area contributed by atoms with Gasteiger partial charge in [-0.05, 0) is 58.3 Å². The Morgan fingerprint density at radius 1 is 1.08 bits per heavy atom. The topological polar surface area (TPSA) is 105 Å². The third-order valence-corrected chi connectivity index (χ3v) is 8.32. The standard InChI is InChI=1S/C29H45F2N3O5/c1-6-14-28(4,5)39-27(38)33-24(20-11-8-7-9-12-20)26(37)34-15-10-13-23(34)18(2)32-22(25(36)19(3)35)16-21-17-29(21,30)31/h20-24,32H,2,6-17H2,1,3-5H3,(H,33,38). The summed E-state index contributed by atoms with van der Waals surface area (Å²) in [4.78, 5) is 52.9. The Balaban J connectivity index is 1.74. The first-order chi connectivity index (χ1) is 18.3. The van der Waals surface area contributed by atoms with E-state index in [0.717, 1.165) is 45.4 Å². The smallest absolute Gasteiger partial charge is 0.408 e. The van der Waals surface area contributed by atoms with Crippen molar-refractivity contribution in [3.63, 3.8) is 0 Å². The number of hydrogen-bond acceptors (Lipinski definition) is 6. The molecule has 0 aromatic carbocycles. The van der Waals surface area contributed by atoms with Crippen LogP contribution < -0.4 is 10.6 Å². The van der Waals surface area contributed by atoms with Crippen molar-refractivity contribution in [2.24, 2.45) is 11.8 Å². The third kappa shape index (κ3) is 8.24. The molecule has 0 aromatic heterocycles. The number of nitrogens with one attached hydrogen (secondary N) is 2. The summed E-state index contributed by atoms with van der Waals surface area (Å²) in [5.74, 6) is -5.54. The van der Waals surface area contributed by atoms with Crippen LogP contribution >= 0.6 is 0 Å². The lowest BCUT2D eigenvalue weighted by Crippen LogP contribution is -2.55. The summed E-state index contributed by atoms with van der Waals surface area (Å²) in [7, 11) is 0. The lowest BCUT2D eigenvalue weighted by atomic mass is 9.83. The maximum atomic E-state index is 14.0. The molecule has 1 saturated heterocycles. The number of ketones is 2. The van der Waals surface area contributed by atoms with Crippen molar-refractivity contribution in [1.29, 1.82) is 0 Å². The summed E-state index contributed by atoms with van der Waals surface area (Å²) in [6.45, 7) is 11.3. The number of ether oxygens (including phenoxy) is 1. The molecular weight excluding hydrogens is 508 g/mol. The Labute approximate surface area is 230 Å². The molecule has 3 rings (SSSR count). The predicted molar refractivity (Wildman–Crippen MR) is 143 cm³/mol. The molecule has 1 aliphatic heterocycles. The summed E-state index contributed by atoms with van der Waals surface area (Å²) < 4.78 is 32.9. The molecule has 1 heterocycles. The van der Waals surface area contributed by atoms with E-state index >= 15 is 0 Å². The number of nitrogens with zero attached hydrogens (tertiary/aromatic N) is 1. The van der Waals surface area contributed by atoms with Crippen molar-refractivity contribution >= 4 is 23.6 Å². The van der Waals surface area contributed by atoms with Gasteiger partial charge < -0.3 is 20.3 Å². The molecule has 2 amide bonds. The highest BCUT2D eigenvalue weighted by Gasteiger charge is 2.57. The van der Waals surface area contributed by atoms with Gasteiger partial charge in [0.05, 0.1) is 12.1 Å². The van der Waals surface area contributed by atoms with Gasteiger partial charge in [0.25, 0.3) is 5.92 Å². The number of Topliss-reactive ketones (excluding diaryl/α,β-unsaturated/α-hetero) is 2. The molecule has 3 fully saturated rings. The summed E-state index contributed by atoms with van der Waals surface area (Å²) in [6.07, 6.45) is 6.37. The van der Waals surface area contributed by atoms with Crippen LogP contribution in [0.5, 0.6) is 0 Å². The number of hydrogen-bond donors (Lipinski definition) is 2. The van der Waals surface area contributed by atoms with E-state index < -0.39 is 53.2 Å². The van der Waals surface area contributed by atoms with E-state index in [0.29, 0.717) is 31.5 Å². The van der Waals surface area contributed by atoms with Crippen LogP contribution in [0, 0.1) is 11.8 Å². The van der Waals surface area contributed by atoms with E-state index in [1.54, 1.807) is 4.90 Å². The van der Waals surface area contributed by atoms with Gasteiger partial charge in [0.1, 0.15) is 11.6 Å². The van der Waals surface area contributed by atoms with E-state index in [9.17, 15) is 28.0 Å². The zero-order valence-electron chi connectivity index (χ0n) is 23.8. The van der Waals surface area contributed by atoms with Crippen molar-refractivity contribution in [2.75, 3.05) is 6.54 Å². The van der Waals surface area contributed by atoms with E-state index in [1.165, 1.54) is 0 Å². The molecule has 2 aliphatic carbocycles. The minimum absolute atomic E-state index is 0.0281. The second kappa shape index (κ2) is 12.8. The van der Waals surface area contributed by atoms with Gasteiger partial charge in [0.15, 0.2) is 5.78 Å². The molecule has 0 aromatic rings. The number of carbonyl (C=O) groups is 4. The molecule has 0 bridgehead atoms. The van der Waals surface area contributed by atoms with Gasteiger partial charge in [-0.1, -0.05) is 39.2 Å². The van der Waals surface area contributed by atoms with Crippen LogP contribution in [0.2, 0.25) is 0 Å². The Morgan fingerprint density at radius 2 is 1.72 bits per heavy atom. The number of alkyl carbamates (subject to hydrolysis) is 1. The maximum Gasteiger partial charge on any atom is 0.408 e. The second-order valence-corrected chi connectivity index (χ2v) is 12.1. The lowest BCUT2D eigenvalue weighted by Gasteiger charge is -2.36. The molecular formula is C29H45F2N3O5. The predicted octanol–water partition coefficient (Wildman–Crippen LogP) is 4.91. The first-order valence-electron chi connectivity index (χ1n) is 14.4. The van der Waals surface area contributed by atoms with Gasteiger partial charge in [-0.3, -0.25) is 14.4 Å². The summed E-state index contributed by atoms with van der Waals surface area (Å²) in [5, 5.41) is 5.80. The quantitative estimate of drug-likeness (QED) is 0.314. The number of halogens is 2. The first-order valence-corrected chi connectivity index (χ1v) is 14.4. The van der Waals surface area contributed by atoms with Crippen LogP contribution in [0.15, 0.2) is 12.3 Å². The molecule has 0 radical (unpaired) electrons. The summed E-state index contributed by atoms with van der Waals surface area (Å²) >= 11 is 0. The van der Waals surface area contributed by atoms with Gasteiger partial charge in [0.2, 0.25) is 11.7 Å². The van der Waals surface area contributed by atoms with Gasteiger partial charge in [-0.15, -0.1) is 0 Å². The number of carbonyl (C=O) groups excluding carboxylic acids is 4. The van der Waals surface area contributed by atoms with Crippen LogP contribution in [0.3, 0.4) is 0 Å². The van der Waals surface area contributed by atoms with Crippen LogP contribution in [-0.4, -0.2) is 64.7 Å². The van der Waals surface area contributed by atoms with Crippen molar-refractivity contribution in [1.82, 2.24) is 15.5 Å². The molecule has 2 saturated carbocycles. The van der Waals surface area contributed by atoms with Crippen LogP contribution in [0.4, 0.5) is 13.6 Å². The van der Waals surface area contributed by atoms with Crippen molar-refractivity contribution in [3.05, 3.63) is 12.3 Å². The molecule has 3 aliphatic rings. The SMILES string of the molecule is C=C(NC(CC1CC1(F)F)C(=O)C(C)=O)C1CCCN1C(=O)C(NC(=O)OC(C)(C)CCC)C1CCCCC1. The highest BCUT2D eigenvalue weighted by molar-refractivity contribution is 6.38. The average Bonchev–Trinajstić information content (AvgIpc) is 3.23. The number of alkyl halides is 2. The summed E-state index contributed by atoms with van der Waals surface area (Å²) in [6, 6.07) is -2.36. The Kier molecular flexibility index (Phi) is 10.2. The van der Waals surface area contributed by atoms with Gasteiger partial charge in [0, 0.05) is 31.5 Å². The summed E-state index contributed by atoms with van der Waals surface area (Å²) in [5.41, 5.74) is -0.317. The second-order valence-electron chi connectivity index (χ2n) is 12.1. The molecule has 0 spiro atoms. The third-order valence-electron chi connectivity index (χ3n) is 8.32. The minimum atomic E-state index is -2.83. The van der Waals surface area contributed by atoms with E-state index in [2.05, 4.69) is 17.2 Å². The number of amides is 2. The zero-order valence-corrected chi connectivity index (χ0v) is 23.8. The zero-order chi connectivity index (χ0) is 29.0. The van der Waals surface area contributed by atoms with Crippen LogP contribution in [0.1, 0.15) is 98.3 Å². The van der Waals surface area contributed by atoms with Crippen molar-refractivity contribution in [3.8, 4) is 0 Å². The molecule has 8 nitrogen and oxygen atoms in total. The normalized spacial score (nSPS) is 24.4. The van der Waals surface area contributed by atoms with Crippen LogP contribution in [-0.2, 0) is 19.1 Å². The van der Waals surface area contributed by atoms with E-state index in [4.69, 9.17) is 4.74 Å². The highest BCUT2D eigenvalue weighted by atomic mass is 19.3. The fourth-order valence-electron chi connectivity index (χ4n) is 6.09. The monoisotopic (exact) mass is 553 g/mol. The molecule has 4 unspecified atom stereocenters. The van der Waals surface area contributed by atoms with E-state index in [-0.39, 0.29) is 24.7 Å². The molecule has 2 N–H and O–H groups in total. The maximum absolute atomic E-state index is 14.0. The van der Waals surface area contributed by atoms with Gasteiger partial charge in [-0.2, -0.15) is 0 Å². The minimum Gasteiger partial charge on any atom is -0.444 e. The first kappa shape index (κ1) is 31.0. The molecule has 4 atom stereocenters. The van der Waals surface area contributed by atoms with Crippen molar-refractivity contribution in [2.45, 2.75) is 128 Å². The van der Waals surface area contributed by atoms with Gasteiger partial charge >= 0.3 is 6.09 Å². The lowest BCUT2D eigenvalue weighted by molar-refractivity contribution is -0.137. The van der Waals surface area contributed by atoms with Crippen molar-refractivity contribution < 1.29 is 32.7 Å². The van der Waals surface area contributed by atoms with Gasteiger partial charge in [-0.25, -0.2) is 13.6 Å². The largest absolute Gasteiger partial charge is 0.444 e. The fraction of sp³-hybridized carbons (Fsp3) is 0.793. The van der Waals surface area contributed by atoms with E-state index in [1.807, 2.05) is 20.8 Å². The number of rotatable bonds is 13. The van der Waals surface area contributed by atoms with Crippen LogP contribution in [0.25, 0.3) is 0 Å². The Morgan fingerprint density at radius 3 is 2.28 bits per heavy atom. The highest BCUT2D eigenvalue weighted by Crippen LogP contribution is 2.51. The molecule has 10 heteroatoms.